The molecule has 6 nitrogen and oxygen atoms in total. The predicted molar refractivity (Wildman–Crippen MR) is 71.1 cm³/mol. The van der Waals surface area contributed by atoms with Gasteiger partial charge in [0.1, 0.15) is 0 Å². The number of benzene rings is 1. The van der Waals surface area contributed by atoms with E-state index >= 15 is 0 Å². The Hall–Kier alpha value is -1.80. The lowest BCUT2D eigenvalue weighted by Gasteiger charge is -2.14. The summed E-state index contributed by atoms with van der Waals surface area (Å²) in [7, 11) is 0. The van der Waals surface area contributed by atoms with Gasteiger partial charge in [-0.3, -0.25) is 14.9 Å². The molecule has 1 aromatic carbocycles. The van der Waals surface area contributed by atoms with Crippen LogP contribution in [-0.4, -0.2) is 29.8 Å². The number of carbonyl (C=O) groups excluding carboxylic acids is 1. The summed E-state index contributed by atoms with van der Waals surface area (Å²) in [5.74, 6) is -3.73. The van der Waals surface area contributed by atoms with Crippen LogP contribution in [-0.2, 0) is 11.2 Å². The fraction of sp³-hybridized carbons (Fsp3) is 0.364. The number of nitrogens with two attached hydrogens (primary N) is 1. The molecule has 0 bridgehead atoms. The van der Waals surface area contributed by atoms with E-state index in [0.717, 1.165) is 0 Å². The lowest BCUT2D eigenvalue weighted by atomic mass is 10.1. The molecule has 20 heavy (non-hydrogen) atoms. The molecule has 0 aromatic heterocycles. The van der Waals surface area contributed by atoms with Crippen molar-refractivity contribution in [2.45, 2.75) is 12.3 Å². The number of nitro groups is 1. The zero-order chi connectivity index (χ0) is 14.5. The maximum Gasteiger partial charge on any atom is 0.277 e. The van der Waals surface area contributed by atoms with Crippen molar-refractivity contribution >= 4 is 24.0 Å². The molecular weight excluding hydrogens is 296 g/mol. The van der Waals surface area contributed by atoms with Crippen LogP contribution in [0.3, 0.4) is 0 Å². The lowest BCUT2D eigenvalue weighted by molar-refractivity contribution is -0.384. The first kappa shape index (κ1) is 18.2. The van der Waals surface area contributed by atoms with Gasteiger partial charge in [0, 0.05) is 12.1 Å². The average Bonchev–Trinajstić information content (AvgIpc) is 2.37. The van der Waals surface area contributed by atoms with Gasteiger partial charge in [-0.05, 0) is 5.56 Å². The van der Waals surface area contributed by atoms with Gasteiger partial charge in [-0.15, -0.1) is 12.4 Å². The van der Waals surface area contributed by atoms with E-state index in [9.17, 15) is 23.7 Å². The summed E-state index contributed by atoms with van der Waals surface area (Å²) in [5, 5.41) is 12.5. The Morgan fingerprint density at radius 3 is 2.35 bits per heavy atom. The minimum Gasteiger partial charge on any atom is -0.350 e. The van der Waals surface area contributed by atoms with Gasteiger partial charge in [0.05, 0.1) is 24.4 Å². The summed E-state index contributed by atoms with van der Waals surface area (Å²) in [5.41, 5.74) is 5.23. The van der Waals surface area contributed by atoms with Crippen molar-refractivity contribution < 1.29 is 18.5 Å². The normalized spacial score (nSPS) is 10.6. The molecule has 112 valence electrons. The molecule has 0 atom stereocenters. The second-order valence-electron chi connectivity index (χ2n) is 3.94. The van der Waals surface area contributed by atoms with Gasteiger partial charge in [-0.2, -0.15) is 0 Å². The van der Waals surface area contributed by atoms with E-state index in [1.807, 2.05) is 0 Å². The first-order valence-corrected chi connectivity index (χ1v) is 5.42. The Bertz CT molecular complexity index is 468. The maximum absolute atomic E-state index is 12.8. The molecule has 1 aromatic rings. The average molecular weight is 310 g/mol. The largest absolute Gasteiger partial charge is 0.350 e. The number of nitrogens with one attached hydrogen (secondary N) is 1. The van der Waals surface area contributed by atoms with Crippen molar-refractivity contribution in [2.75, 3.05) is 13.1 Å². The Labute approximate surface area is 119 Å². The third-order valence-corrected chi connectivity index (χ3v) is 2.35. The van der Waals surface area contributed by atoms with E-state index in [1.54, 1.807) is 0 Å². The number of alkyl halides is 2. The van der Waals surface area contributed by atoms with E-state index in [2.05, 4.69) is 5.32 Å². The zero-order valence-electron chi connectivity index (χ0n) is 10.3. The number of halogens is 3. The summed E-state index contributed by atoms with van der Waals surface area (Å²) >= 11 is 0. The molecule has 0 saturated carbocycles. The zero-order valence-corrected chi connectivity index (χ0v) is 11.2. The number of hydrogen-bond donors (Lipinski definition) is 2. The molecule has 0 spiro atoms. The van der Waals surface area contributed by atoms with Gasteiger partial charge in [-0.1, -0.05) is 12.1 Å². The fourth-order valence-electron chi connectivity index (χ4n) is 1.28. The van der Waals surface area contributed by atoms with Crippen LogP contribution >= 0.6 is 12.4 Å². The van der Waals surface area contributed by atoms with Crippen LogP contribution in [0.5, 0.6) is 0 Å². The van der Waals surface area contributed by atoms with Crippen molar-refractivity contribution in [3.63, 3.8) is 0 Å². The summed E-state index contributed by atoms with van der Waals surface area (Å²) in [6, 6.07) is 5.30. The minimum absolute atomic E-state index is 0. The molecule has 0 unspecified atom stereocenters. The number of non-ortho nitro benzene ring substituents is 1. The Balaban J connectivity index is 0.00000361. The molecule has 3 N–H and O–H groups in total. The van der Waals surface area contributed by atoms with Crippen LogP contribution in [0.1, 0.15) is 5.56 Å². The van der Waals surface area contributed by atoms with Gasteiger partial charge in [-0.25, -0.2) is 8.78 Å². The predicted octanol–water partition coefficient (Wildman–Crippen LogP) is 1.27. The summed E-state index contributed by atoms with van der Waals surface area (Å²) in [4.78, 5) is 21.2. The topological polar surface area (TPSA) is 98.3 Å². The molecule has 9 heteroatoms. The van der Waals surface area contributed by atoms with Gasteiger partial charge in [0.25, 0.3) is 11.6 Å². The smallest absolute Gasteiger partial charge is 0.277 e. The summed E-state index contributed by atoms with van der Waals surface area (Å²) < 4.78 is 25.6. The highest BCUT2D eigenvalue weighted by atomic mass is 35.5. The van der Waals surface area contributed by atoms with Crippen molar-refractivity contribution in [1.82, 2.24) is 5.32 Å². The SMILES string of the molecule is Cl.NCC(F)(F)CNC(=O)Cc1ccc([N+](=O)[O-])cc1. The highest BCUT2D eigenvalue weighted by Crippen LogP contribution is 2.12. The fourth-order valence-corrected chi connectivity index (χ4v) is 1.28. The van der Waals surface area contributed by atoms with Gasteiger partial charge in [0.2, 0.25) is 5.91 Å². The third kappa shape index (κ3) is 5.89. The molecular formula is C11H14ClF2N3O3. The van der Waals surface area contributed by atoms with Gasteiger partial charge >= 0.3 is 0 Å². The summed E-state index contributed by atoms with van der Waals surface area (Å²) in [6.07, 6.45) is -0.126. The Kier molecular flexibility index (Phi) is 7.01. The van der Waals surface area contributed by atoms with Gasteiger partial charge in [0.15, 0.2) is 0 Å². The number of carbonyl (C=O) groups is 1. The Morgan fingerprint density at radius 2 is 1.90 bits per heavy atom. The first-order valence-electron chi connectivity index (χ1n) is 5.42. The van der Waals surface area contributed by atoms with Crippen molar-refractivity contribution in [1.29, 1.82) is 0 Å². The maximum atomic E-state index is 12.8. The molecule has 0 aliphatic carbocycles. The highest BCUT2D eigenvalue weighted by Gasteiger charge is 2.27. The molecule has 0 aliphatic heterocycles. The van der Waals surface area contributed by atoms with E-state index < -0.39 is 29.8 Å². The molecule has 1 rings (SSSR count). The minimum atomic E-state index is -3.13. The van der Waals surface area contributed by atoms with E-state index in [-0.39, 0.29) is 24.5 Å². The van der Waals surface area contributed by atoms with Crippen LogP contribution in [0.4, 0.5) is 14.5 Å². The van der Waals surface area contributed by atoms with Crippen LogP contribution in [0.2, 0.25) is 0 Å². The molecule has 0 saturated heterocycles. The van der Waals surface area contributed by atoms with Gasteiger partial charge < -0.3 is 11.1 Å². The van der Waals surface area contributed by atoms with Crippen LogP contribution in [0.25, 0.3) is 0 Å². The monoisotopic (exact) mass is 309 g/mol. The quantitative estimate of drug-likeness (QED) is 0.610. The van der Waals surface area contributed by atoms with E-state index in [0.29, 0.717) is 5.56 Å². The molecule has 0 heterocycles. The number of hydrogen-bond acceptors (Lipinski definition) is 4. The standard InChI is InChI=1S/C11H13F2N3O3.ClH/c12-11(13,6-14)7-15-10(17)5-8-1-3-9(4-2-8)16(18)19;/h1-4H,5-7,14H2,(H,15,17);1H. The van der Waals surface area contributed by atoms with Crippen molar-refractivity contribution in [3.05, 3.63) is 39.9 Å². The third-order valence-electron chi connectivity index (χ3n) is 2.35. The molecule has 0 fully saturated rings. The van der Waals surface area contributed by atoms with Crippen molar-refractivity contribution in [2.24, 2.45) is 5.73 Å². The van der Waals surface area contributed by atoms with E-state index in [1.165, 1.54) is 24.3 Å². The van der Waals surface area contributed by atoms with Crippen LogP contribution < -0.4 is 11.1 Å². The molecule has 0 radical (unpaired) electrons. The number of nitrogens with zero attached hydrogens (tertiary/aromatic N) is 1. The molecule has 0 aliphatic rings. The van der Waals surface area contributed by atoms with Crippen LogP contribution in [0.15, 0.2) is 24.3 Å². The summed E-state index contributed by atoms with van der Waals surface area (Å²) in [6.45, 7) is -1.67. The highest BCUT2D eigenvalue weighted by molar-refractivity contribution is 5.85. The number of amides is 1. The lowest BCUT2D eigenvalue weighted by Crippen LogP contribution is -2.42. The Morgan fingerprint density at radius 1 is 1.35 bits per heavy atom. The molecule has 1 amide bonds. The number of nitro benzene ring substituents is 1. The van der Waals surface area contributed by atoms with E-state index in [4.69, 9.17) is 5.73 Å². The van der Waals surface area contributed by atoms with Crippen molar-refractivity contribution in [3.8, 4) is 0 Å². The second kappa shape index (κ2) is 7.71. The second-order valence-corrected chi connectivity index (χ2v) is 3.94. The van der Waals surface area contributed by atoms with Crippen LogP contribution in [0, 0.1) is 10.1 Å². The number of rotatable bonds is 6. The first-order chi connectivity index (χ1) is 8.84.